The minimum atomic E-state index is -3.38. The molecule has 1 rings (SSSR count). The Hall–Kier alpha value is -0.580. The molecule has 0 aliphatic heterocycles. The molecule has 0 atom stereocenters. The summed E-state index contributed by atoms with van der Waals surface area (Å²) in [6.07, 6.45) is 0. The van der Waals surface area contributed by atoms with E-state index in [-0.39, 0.29) is 9.92 Å². The second-order valence-electron chi connectivity index (χ2n) is 2.08. The van der Waals surface area contributed by atoms with Crippen LogP contribution in [0.15, 0.2) is 23.1 Å². The molecule has 0 amide bonds. The van der Waals surface area contributed by atoms with Crippen LogP contribution in [-0.4, -0.2) is 15.5 Å². The Morgan fingerprint density at radius 1 is 1.58 bits per heavy atom. The third-order valence-electron chi connectivity index (χ3n) is 1.32. The summed E-state index contributed by atoms with van der Waals surface area (Å²) in [6.45, 7) is 0. The van der Waals surface area contributed by atoms with Crippen LogP contribution in [0, 0.1) is 6.07 Å². The minimum absolute atomic E-state index is 0.147. The fourth-order valence-electron chi connectivity index (χ4n) is 0.703. The highest BCUT2D eigenvalue weighted by Gasteiger charge is 2.10. The van der Waals surface area contributed by atoms with Gasteiger partial charge >= 0.3 is 0 Å². The Bertz CT molecular complexity index is 375. The number of halogens is 1. The monoisotopic (exact) mass is 204 g/mol. The smallest absolute Gasteiger partial charge is 0.214 e. The fourth-order valence-corrected chi connectivity index (χ4v) is 1.70. The summed E-state index contributed by atoms with van der Waals surface area (Å²) < 4.78 is 24.5. The molecule has 5 heteroatoms. The zero-order valence-electron chi connectivity index (χ0n) is 6.33. The van der Waals surface area contributed by atoms with Crippen LogP contribution in [0.3, 0.4) is 0 Å². The van der Waals surface area contributed by atoms with E-state index in [0.29, 0.717) is 0 Å². The molecule has 12 heavy (non-hydrogen) atoms. The van der Waals surface area contributed by atoms with Crippen LogP contribution in [0.1, 0.15) is 0 Å². The molecule has 0 spiro atoms. The van der Waals surface area contributed by atoms with Gasteiger partial charge in [-0.15, -0.1) is 0 Å². The predicted octanol–water partition coefficient (Wildman–Crippen LogP) is 1.05. The van der Waals surface area contributed by atoms with Gasteiger partial charge in [0.25, 0.3) is 0 Å². The molecule has 0 unspecified atom stereocenters. The summed E-state index contributed by atoms with van der Waals surface area (Å²) in [5, 5.41) is 0.284. The number of rotatable bonds is 2. The second kappa shape index (κ2) is 3.43. The highest BCUT2D eigenvalue weighted by Crippen LogP contribution is 2.13. The third kappa shape index (κ3) is 1.97. The lowest BCUT2D eigenvalue weighted by Crippen LogP contribution is -2.18. The third-order valence-corrected chi connectivity index (χ3v) is 2.95. The van der Waals surface area contributed by atoms with Gasteiger partial charge in [0.1, 0.15) is 0 Å². The molecule has 0 bridgehead atoms. The van der Waals surface area contributed by atoms with E-state index in [0.717, 1.165) is 0 Å². The van der Waals surface area contributed by atoms with E-state index in [1.165, 1.54) is 25.2 Å². The van der Waals surface area contributed by atoms with Crippen molar-refractivity contribution in [3.8, 4) is 0 Å². The Kier molecular flexibility index (Phi) is 2.72. The number of sulfonamides is 1. The summed E-state index contributed by atoms with van der Waals surface area (Å²) in [4.78, 5) is 0.147. The number of hydrogen-bond donors (Lipinski definition) is 1. The summed E-state index contributed by atoms with van der Waals surface area (Å²) in [5.74, 6) is 0. The molecule has 3 nitrogen and oxygen atoms in total. The lowest BCUT2D eigenvalue weighted by Gasteiger charge is -2.00. The van der Waals surface area contributed by atoms with Gasteiger partial charge in [0, 0.05) is 11.1 Å². The molecule has 65 valence electrons. The molecular weight excluding hydrogens is 198 g/mol. The Morgan fingerprint density at radius 3 is 2.75 bits per heavy atom. The van der Waals surface area contributed by atoms with E-state index in [1.54, 1.807) is 0 Å². The summed E-state index contributed by atoms with van der Waals surface area (Å²) in [6, 6.07) is 6.87. The highest BCUT2D eigenvalue weighted by molar-refractivity contribution is 7.89. The van der Waals surface area contributed by atoms with Crippen molar-refractivity contribution in [1.82, 2.24) is 4.72 Å². The number of benzene rings is 1. The molecule has 0 aromatic heterocycles. The van der Waals surface area contributed by atoms with E-state index >= 15 is 0 Å². The summed E-state index contributed by atoms with van der Waals surface area (Å²) in [7, 11) is -2.03. The predicted molar refractivity (Wildman–Crippen MR) is 46.5 cm³/mol. The first-order chi connectivity index (χ1) is 5.56. The van der Waals surface area contributed by atoms with E-state index < -0.39 is 10.0 Å². The molecule has 0 fully saturated rings. The van der Waals surface area contributed by atoms with Gasteiger partial charge in [-0.2, -0.15) is 0 Å². The van der Waals surface area contributed by atoms with Crippen LogP contribution < -0.4 is 4.72 Å². The first kappa shape index (κ1) is 9.51. The standard InChI is InChI=1S/C7H7ClNO2S/c1-9-12(10,11)7-4-2-3-6(8)5-7/h2,4-5,9H,1H3. The van der Waals surface area contributed by atoms with Crippen LogP contribution in [0.25, 0.3) is 0 Å². The van der Waals surface area contributed by atoms with Crippen LogP contribution in [0.4, 0.5) is 0 Å². The first-order valence-electron chi connectivity index (χ1n) is 3.17. The van der Waals surface area contributed by atoms with Gasteiger partial charge in [-0.3, -0.25) is 0 Å². The maximum Gasteiger partial charge on any atom is 0.240 e. The van der Waals surface area contributed by atoms with E-state index in [4.69, 9.17) is 11.6 Å². The molecule has 1 aromatic carbocycles. The van der Waals surface area contributed by atoms with E-state index in [1.807, 2.05) is 0 Å². The van der Waals surface area contributed by atoms with Crippen molar-refractivity contribution in [3.63, 3.8) is 0 Å². The van der Waals surface area contributed by atoms with Gasteiger partial charge in [0.2, 0.25) is 10.0 Å². The zero-order chi connectivity index (χ0) is 9.19. The average Bonchev–Trinajstić information content (AvgIpc) is 2.05. The van der Waals surface area contributed by atoms with Gasteiger partial charge in [0.15, 0.2) is 0 Å². The maximum atomic E-state index is 11.2. The molecule has 0 saturated carbocycles. The number of nitrogens with one attached hydrogen (secondary N) is 1. The van der Waals surface area contributed by atoms with E-state index in [2.05, 4.69) is 10.8 Å². The molecule has 0 saturated heterocycles. The van der Waals surface area contributed by atoms with Crippen molar-refractivity contribution in [2.45, 2.75) is 4.90 Å². The number of hydrogen-bond acceptors (Lipinski definition) is 2. The van der Waals surface area contributed by atoms with Gasteiger partial charge in [-0.25, -0.2) is 13.1 Å². The Morgan fingerprint density at radius 2 is 2.25 bits per heavy atom. The summed E-state index contributed by atoms with van der Waals surface area (Å²) >= 11 is 5.56. The lowest BCUT2D eigenvalue weighted by molar-refractivity contribution is 0.588. The van der Waals surface area contributed by atoms with Crippen molar-refractivity contribution in [3.05, 3.63) is 29.3 Å². The van der Waals surface area contributed by atoms with Crippen molar-refractivity contribution in [2.75, 3.05) is 7.05 Å². The molecule has 1 radical (unpaired) electrons. The van der Waals surface area contributed by atoms with Crippen LogP contribution >= 0.6 is 11.6 Å². The Balaban J connectivity index is 3.21. The average molecular weight is 205 g/mol. The van der Waals surface area contributed by atoms with Crippen LogP contribution in [0.2, 0.25) is 5.02 Å². The SMILES string of the molecule is CNS(=O)(=O)c1cc[c]c(Cl)c1. The molecule has 1 aromatic rings. The van der Waals surface area contributed by atoms with Crippen LogP contribution in [-0.2, 0) is 10.0 Å². The minimum Gasteiger partial charge on any atom is -0.214 e. The first-order valence-corrected chi connectivity index (χ1v) is 5.03. The molecule has 1 N–H and O–H groups in total. The maximum absolute atomic E-state index is 11.2. The highest BCUT2D eigenvalue weighted by atomic mass is 35.5. The quantitative estimate of drug-likeness (QED) is 0.783. The van der Waals surface area contributed by atoms with Gasteiger partial charge in [0.05, 0.1) is 4.90 Å². The van der Waals surface area contributed by atoms with Crippen molar-refractivity contribution in [2.24, 2.45) is 0 Å². The molecule has 0 heterocycles. The van der Waals surface area contributed by atoms with Crippen molar-refractivity contribution >= 4 is 21.6 Å². The Labute approximate surface area is 76.4 Å². The molecule has 0 aliphatic rings. The normalized spacial score (nSPS) is 11.5. The fraction of sp³-hybridized carbons (Fsp3) is 0.143. The van der Waals surface area contributed by atoms with Gasteiger partial charge in [-0.1, -0.05) is 17.7 Å². The van der Waals surface area contributed by atoms with Crippen molar-refractivity contribution in [1.29, 1.82) is 0 Å². The van der Waals surface area contributed by atoms with Gasteiger partial charge < -0.3 is 0 Å². The van der Waals surface area contributed by atoms with Gasteiger partial charge in [-0.05, 0) is 19.2 Å². The van der Waals surface area contributed by atoms with Crippen molar-refractivity contribution < 1.29 is 8.42 Å². The largest absolute Gasteiger partial charge is 0.240 e. The molecular formula is C7H7ClNO2S. The topological polar surface area (TPSA) is 46.2 Å². The summed E-state index contributed by atoms with van der Waals surface area (Å²) in [5.41, 5.74) is 0. The lowest BCUT2D eigenvalue weighted by atomic mass is 10.4. The van der Waals surface area contributed by atoms with Crippen LogP contribution in [0.5, 0.6) is 0 Å². The van der Waals surface area contributed by atoms with E-state index in [9.17, 15) is 8.42 Å². The molecule has 0 aliphatic carbocycles. The zero-order valence-corrected chi connectivity index (χ0v) is 7.91. The second-order valence-corrected chi connectivity index (χ2v) is 4.37.